The molecule has 0 fully saturated rings. The van der Waals surface area contributed by atoms with E-state index in [0.29, 0.717) is 0 Å². The highest BCUT2D eigenvalue weighted by Gasteiger charge is 2.16. The van der Waals surface area contributed by atoms with E-state index in [1.807, 2.05) is 4.68 Å². The average Bonchev–Trinajstić information content (AvgIpc) is 2.69. The molecule has 0 saturated heterocycles. The summed E-state index contributed by atoms with van der Waals surface area (Å²) in [5, 5.41) is 7.96. The molecule has 0 radical (unpaired) electrons. The molecule has 1 aromatic heterocycles. The third-order valence-electron chi connectivity index (χ3n) is 3.29. The monoisotopic (exact) mass is 253 g/mol. The number of nitrogens with zero attached hydrogens (tertiary/aromatic N) is 2. The number of methoxy groups -OCH3 is 1. The molecule has 0 atom stereocenters. The zero-order valence-corrected chi connectivity index (χ0v) is 12.4. The number of ether oxygens (including phenoxy) is 1. The van der Waals surface area contributed by atoms with Crippen molar-refractivity contribution in [2.45, 2.75) is 59.2 Å². The summed E-state index contributed by atoms with van der Waals surface area (Å²) in [5.41, 5.74) is 2.33. The number of hydrogen-bond acceptors (Lipinski definition) is 3. The molecule has 18 heavy (non-hydrogen) atoms. The van der Waals surface area contributed by atoms with E-state index < -0.39 is 0 Å². The summed E-state index contributed by atoms with van der Waals surface area (Å²) in [7, 11) is 1.76. The lowest BCUT2D eigenvalue weighted by Crippen LogP contribution is -2.24. The highest BCUT2D eigenvalue weighted by Crippen LogP contribution is 2.15. The fourth-order valence-electron chi connectivity index (χ4n) is 1.73. The van der Waals surface area contributed by atoms with Crippen LogP contribution < -0.4 is 5.32 Å². The van der Waals surface area contributed by atoms with Crippen LogP contribution in [0.3, 0.4) is 0 Å². The molecule has 0 aromatic carbocycles. The molecule has 0 saturated carbocycles. The van der Waals surface area contributed by atoms with Gasteiger partial charge in [0.25, 0.3) is 0 Å². The van der Waals surface area contributed by atoms with Crippen molar-refractivity contribution in [3.05, 3.63) is 17.5 Å². The smallest absolute Gasteiger partial charge is 0.0640 e. The first-order valence-electron chi connectivity index (χ1n) is 6.77. The Morgan fingerprint density at radius 2 is 2.17 bits per heavy atom. The van der Waals surface area contributed by atoms with Gasteiger partial charge in [-0.25, -0.2) is 0 Å². The molecule has 0 amide bonds. The van der Waals surface area contributed by atoms with Crippen molar-refractivity contribution in [3.63, 3.8) is 0 Å². The topological polar surface area (TPSA) is 39.1 Å². The molecule has 0 aliphatic heterocycles. The number of rotatable bonds is 8. The van der Waals surface area contributed by atoms with Crippen LogP contribution >= 0.6 is 0 Å². The number of hydrogen-bond donors (Lipinski definition) is 1. The lowest BCUT2D eigenvalue weighted by molar-refractivity contribution is 0.0113. The Balaban J connectivity index is 2.50. The Kier molecular flexibility index (Phi) is 5.82. The van der Waals surface area contributed by atoms with Gasteiger partial charge >= 0.3 is 0 Å². The van der Waals surface area contributed by atoms with E-state index in [9.17, 15) is 0 Å². The third-order valence-corrected chi connectivity index (χ3v) is 3.29. The SMILES string of the molecule is CCCNCc1cn(CCC(C)(C)OC)nc1C. The van der Waals surface area contributed by atoms with E-state index in [1.54, 1.807) is 7.11 Å². The number of aryl methyl sites for hydroxylation is 2. The van der Waals surface area contributed by atoms with Gasteiger partial charge in [-0.05, 0) is 40.2 Å². The maximum atomic E-state index is 5.42. The van der Waals surface area contributed by atoms with Gasteiger partial charge in [-0.1, -0.05) is 6.92 Å². The Bertz CT molecular complexity index is 358. The molecule has 0 aliphatic rings. The standard InChI is InChI=1S/C14H27N3O/c1-6-8-15-10-13-11-17(16-12(13)2)9-7-14(3,4)18-5/h11,15H,6-10H2,1-5H3. The average molecular weight is 253 g/mol. The minimum atomic E-state index is -0.0829. The molecule has 104 valence electrons. The first kappa shape index (κ1) is 15.2. The molecule has 0 spiro atoms. The number of aromatic nitrogens is 2. The van der Waals surface area contributed by atoms with Gasteiger partial charge in [0, 0.05) is 32.0 Å². The quantitative estimate of drug-likeness (QED) is 0.724. The van der Waals surface area contributed by atoms with Gasteiger partial charge in [-0.2, -0.15) is 5.10 Å². The Morgan fingerprint density at radius 1 is 1.44 bits per heavy atom. The second-order valence-electron chi connectivity index (χ2n) is 5.39. The van der Waals surface area contributed by atoms with Gasteiger partial charge in [-0.3, -0.25) is 4.68 Å². The zero-order valence-electron chi connectivity index (χ0n) is 12.4. The van der Waals surface area contributed by atoms with Crippen LogP contribution in [0.4, 0.5) is 0 Å². The van der Waals surface area contributed by atoms with E-state index in [4.69, 9.17) is 4.74 Å². The summed E-state index contributed by atoms with van der Waals surface area (Å²) in [6.07, 6.45) is 4.27. The van der Waals surface area contributed by atoms with Gasteiger partial charge in [0.2, 0.25) is 0 Å². The number of nitrogens with one attached hydrogen (secondary N) is 1. The molecule has 1 rings (SSSR count). The van der Waals surface area contributed by atoms with Crippen LogP contribution in [-0.2, 0) is 17.8 Å². The summed E-state index contributed by atoms with van der Waals surface area (Å²) >= 11 is 0. The normalized spacial score (nSPS) is 12.1. The van der Waals surface area contributed by atoms with Crippen LogP contribution in [0.2, 0.25) is 0 Å². The summed E-state index contributed by atoms with van der Waals surface area (Å²) < 4.78 is 7.45. The highest BCUT2D eigenvalue weighted by atomic mass is 16.5. The molecule has 0 bridgehead atoms. The van der Waals surface area contributed by atoms with Gasteiger partial charge in [0.15, 0.2) is 0 Å². The van der Waals surface area contributed by atoms with Gasteiger partial charge in [0.05, 0.1) is 11.3 Å². The first-order valence-corrected chi connectivity index (χ1v) is 6.77. The fourth-order valence-corrected chi connectivity index (χ4v) is 1.73. The van der Waals surface area contributed by atoms with Crippen molar-refractivity contribution in [1.82, 2.24) is 15.1 Å². The van der Waals surface area contributed by atoms with E-state index >= 15 is 0 Å². The molecular formula is C14H27N3O. The summed E-state index contributed by atoms with van der Waals surface area (Å²) in [4.78, 5) is 0. The predicted octanol–water partition coefficient (Wildman–Crippen LogP) is 2.51. The van der Waals surface area contributed by atoms with Gasteiger partial charge in [-0.15, -0.1) is 0 Å². The van der Waals surface area contributed by atoms with Crippen LogP contribution in [0.1, 0.15) is 44.9 Å². The third kappa shape index (κ3) is 4.78. The summed E-state index contributed by atoms with van der Waals surface area (Å²) in [5.74, 6) is 0. The molecular weight excluding hydrogens is 226 g/mol. The largest absolute Gasteiger partial charge is 0.379 e. The molecule has 4 heteroatoms. The van der Waals surface area contributed by atoms with Gasteiger partial charge < -0.3 is 10.1 Å². The fraction of sp³-hybridized carbons (Fsp3) is 0.786. The highest BCUT2D eigenvalue weighted by molar-refractivity contribution is 5.15. The van der Waals surface area contributed by atoms with Crippen LogP contribution in [0.5, 0.6) is 0 Å². The first-order chi connectivity index (χ1) is 8.48. The molecule has 1 aromatic rings. The predicted molar refractivity (Wildman–Crippen MR) is 74.7 cm³/mol. The Labute approximate surface area is 111 Å². The van der Waals surface area contributed by atoms with Gasteiger partial charge in [0.1, 0.15) is 0 Å². The van der Waals surface area contributed by atoms with Crippen molar-refractivity contribution in [2.24, 2.45) is 0 Å². The molecule has 4 nitrogen and oxygen atoms in total. The van der Waals surface area contributed by atoms with Crippen molar-refractivity contribution < 1.29 is 4.74 Å². The summed E-state index contributed by atoms with van der Waals surface area (Å²) in [6, 6.07) is 0. The van der Waals surface area contributed by atoms with E-state index in [0.717, 1.165) is 38.2 Å². The molecule has 1 heterocycles. The van der Waals surface area contributed by atoms with E-state index in [2.05, 4.69) is 44.3 Å². The Morgan fingerprint density at radius 3 is 2.78 bits per heavy atom. The van der Waals surface area contributed by atoms with Crippen molar-refractivity contribution >= 4 is 0 Å². The lowest BCUT2D eigenvalue weighted by atomic mass is 10.1. The maximum Gasteiger partial charge on any atom is 0.0640 e. The maximum absolute atomic E-state index is 5.42. The molecule has 1 N–H and O–H groups in total. The van der Waals surface area contributed by atoms with Crippen molar-refractivity contribution in [2.75, 3.05) is 13.7 Å². The van der Waals surface area contributed by atoms with Crippen LogP contribution in [0.25, 0.3) is 0 Å². The van der Waals surface area contributed by atoms with Crippen LogP contribution in [0, 0.1) is 6.92 Å². The minimum absolute atomic E-state index is 0.0829. The molecule has 0 aliphatic carbocycles. The van der Waals surface area contributed by atoms with Crippen LogP contribution in [0.15, 0.2) is 6.20 Å². The minimum Gasteiger partial charge on any atom is -0.379 e. The summed E-state index contributed by atoms with van der Waals surface area (Å²) in [6.45, 7) is 11.3. The van der Waals surface area contributed by atoms with E-state index in [1.165, 1.54) is 5.56 Å². The van der Waals surface area contributed by atoms with Crippen molar-refractivity contribution in [3.8, 4) is 0 Å². The second-order valence-corrected chi connectivity index (χ2v) is 5.39. The van der Waals surface area contributed by atoms with Crippen molar-refractivity contribution in [1.29, 1.82) is 0 Å². The second kappa shape index (κ2) is 6.90. The Hall–Kier alpha value is -0.870. The van der Waals surface area contributed by atoms with Crippen LogP contribution in [-0.4, -0.2) is 29.0 Å². The molecule has 0 unspecified atom stereocenters. The van der Waals surface area contributed by atoms with E-state index in [-0.39, 0.29) is 5.60 Å². The lowest BCUT2D eigenvalue weighted by Gasteiger charge is -2.22. The zero-order chi connectivity index (χ0) is 13.6.